The fourth-order valence-electron chi connectivity index (χ4n) is 1.13. The lowest BCUT2D eigenvalue weighted by molar-refractivity contribution is -0.268. The number of sulfonamides is 1. The summed E-state index contributed by atoms with van der Waals surface area (Å²) in [5.74, 6) is 0. The summed E-state index contributed by atoms with van der Waals surface area (Å²) in [6.07, 6.45) is -1.80. The van der Waals surface area contributed by atoms with E-state index in [9.17, 15) is 26.7 Å². The van der Waals surface area contributed by atoms with Gasteiger partial charge in [-0.25, -0.2) is 0 Å². The molecule has 0 bridgehead atoms. The Kier molecular flexibility index (Phi) is 6.03. The lowest BCUT2D eigenvalue weighted by Crippen LogP contribution is -2.46. The van der Waals surface area contributed by atoms with Gasteiger partial charge in [-0.05, 0) is 6.42 Å². The van der Waals surface area contributed by atoms with Crippen LogP contribution < -0.4 is 5.11 Å². The minimum atomic E-state index is -6.01. The fraction of sp³-hybridized carbons (Fsp3) is 0.875. The van der Waals surface area contributed by atoms with Crippen molar-refractivity contribution in [2.45, 2.75) is 30.9 Å². The van der Waals surface area contributed by atoms with Gasteiger partial charge in [0.25, 0.3) is 0 Å². The molecule has 0 aliphatic heterocycles. The normalized spacial score (nSPS) is 14.5. The lowest BCUT2D eigenvalue weighted by atomic mass is 10.0. The number of aliphatic hydroxyl groups is 2. The Hall–Kier alpha value is -1.07. The van der Waals surface area contributed by atoms with Crippen LogP contribution in [0.1, 0.15) is 19.8 Å². The van der Waals surface area contributed by atoms with Crippen LogP contribution >= 0.6 is 0 Å². The number of hydrogen-bond donors (Lipinski definition) is 2. The minimum Gasteiger partial charge on any atom is -0.588 e. The molecule has 0 aromatic heterocycles. The Balaban J connectivity index is 5.18. The zero-order valence-corrected chi connectivity index (χ0v) is 10.7. The molecule has 0 radical (unpaired) electrons. The molecule has 0 aliphatic rings. The van der Waals surface area contributed by atoms with Crippen molar-refractivity contribution in [2.24, 2.45) is 4.40 Å². The molecule has 0 atom stereocenters. The van der Waals surface area contributed by atoms with Crippen molar-refractivity contribution in [1.29, 1.82) is 0 Å². The van der Waals surface area contributed by atoms with E-state index in [2.05, 4.69) is 4.74 Å². The van der Waals surface area contributed by atoms with Gasteiger partial charge in [0.05, 0.1) is 18.8 Å². The summed E-state index contributed by atoms with van der Waals surface area (Å²) >= 11 is 0. The number of nitrogens with zero attached hydrogens (tertiary/aromatic N) is 1. The second kappa shape index (κ2) is 6.39. The predicted octanol–water partition coefficient (Wildman–Crippen LogP) is -0.908. The van der Waals surface area contributed by atoms with Crippen molar-refractivity contribution in [1.82, 2.24) is 0 Å². The van der Waals surface area contributed by atoms with Gasteiger partial charge in [-0.3, -0.25) is 0 Å². The molecule has 0 aromatic rings. The van der Waals surface area contributed by atoms with E-state index in [1.54, 1.807) is 6.92 Å². The van der Waals surface area contributed by atoms with Crippen LogP contribution in [0.5, 0.6) is 0 Å². The standard InChI is InChI=1S/C8H14F3NO6S/c1-2-3-7(4-13,5-14)18-6(15)12-19(16,17)8(9,10)11/h13-14H,2-5H2,1H3,(H,12,15)/p-1. The summed E-state index contributed by atoms with van der Waals surface area (Å²) in [6, 6.07) is 0. The van der Waals surface area contributed by atoms with E-state index < -0.39 is 40.4 Å². The highest BCUT2D eigenvalue weighted by atomic mass is 32.2. The maximum Gasteiger partial charge on any atom is 0.518 e. The first-order chi connectivity index (χ1) is 8.53. The number of ether oxygens (including phenoxy) is 1. The molecule has 0 amide bonds. The second-order valence-corrected chi connectivity index (χ2v) is 5.22. The van der Waals surface area contributed by atoms with E-state index in [1.807, 2.05) is 4.40 Å². The molecule has 0 heterocycles. The number of alkyl halides is 3. The van der Waals surface area contributed by atoms with Crippen LogP contribution in [0.25, 0.3) is 0 Å². The summed E-state index contributed by atoms with van der Waals surface area (Å²) in [6.45, 7) is -0.174. The summed E-state index contributed by atoms with van der Waals surface area (Å²) in [4.78, 5) is 0. The topological polar surface area (TPSA) is 119 Å². The zero-order valence-electron chi connectivity index (χ0n) is 9.85. The number of halogens is 3. The van der Waals surface area contributed by atoms with Crippen molar-refractivity contribution >= 4 is 16.1 Å². The molecule has 11 heteroatoms. The Morgan fingerprint density at radius 2 is 1.79 bits per heavy atom. The van der Waals surface area contributed by atoms with Gasteiger partial charge < -0.3 is 20.1 Å². The highest BCUT2D eigenvalue weighted by Crippen LogP contribution is 2.25. The fourth-order valence-corrected chi connectivity index (χ4v) is 1.47. The second-order valence-electron chi connectivity index (χ2n) is 3.63. The smallest absolute Gasteiger partial charge is 0.518 e. The van der Waals surface area contributed by atoms with Crippen molar-refractivity contribution in [3.63, 3.8) is 0 Å². The van der Waals surface area contributed by atoms with Gasteiger partial charge in [-0.1, -0.05) is 13.3 Å². The molecule has 0 unspecified atom stereocenters. The number of hydrogen-bond acceptors (Lipinski definition) is 6. The van der Waals surface area contributed by atoms with E-state index in [-0.39, 0.29) is 6.42 Å². The molecule has 0 saturated carbocycles. The molecular weight excluding hydrogens is 295 g/mol. The molecular formula is C8H13F3NO6S-. The van der Waals surface area contributed by atoms with Crippen LogP contribution in [-0.2, 0) is 14.8 Å². The maximum atomic E-state index is 12.0. The molecule has 0 rings (SSSR count). The third-order valence-electron chi connectivity index (χ3n) is 2.07. The van der Waals surface area contributed by atoms with E-state index in [1.165, 1.54) is 0 Å². The van der Waals surface area contributed by atoms with Crippen LogP contribution in [0.2, 0.25) is 0 Å². The Morgan fingerprint density at radius 1 is 1.32 bits per heavy atom. The molecule has 0 fully saturated rings. The summed E-state index contributed by atoms with van der Waals surface area (Å²) in [5, 5.41) is 29.0. The molecule has 114 valence electrons. The molecule has 0 aliphatic carbocycles. The molecule has 7 nitrogen and oxygen atoms in total. The van der Waals surface area contributed by atoms with Gasteiger partial charge in [0.1, 0.15) is 0 Å². The van der Waals surface area contributed by atoms with Gasteiger partial charge >= 0.3 is 15.5 Å². The minimum absolute atomic E-state index is 0.0761. The Morgan fingerprint density at radius 3 is 2.11 bits per heavy atom. The number of rotatable bonds is 6. The highest BCUT2D eigenvalue weighted by Gasteiger charge is 2.46. The monoisotopic (exact) mass is 308 g/mol. The third-order valence-corrected chi connectivity index (χ3v) is 3.05. The first kappa shape index (κ1) is 17.9. The van der Waals surface area contributed by atoms with Crippen LogP contribution in [0.15, 0.2) is 4.40 Å². The summed E-state index contributed by atoms with van der Waals surface area (Å²) in [5.41, 5.74) is -7.59. The molecule has 0 saturated heterocycles. The van der Waals surface area contributed by atoms with Gasteiger partial charge in [-0.2, -0.15) is 21.6 Å². The summed E-state index contributed by atoms with van der Waals surface area (Å²) in [7, 11) is -6.01. The molecule has 19 heavy (non-hydrogen) atoms. The first-order valence-corrected chi connectivity index (χ1v) is 6.46. The number of aliphatic hydroxyl groups excluding tert-OH is 2. The highest BCUT2D eigenvalue weighted by molar-refractivity contribution is 7.91. The van der Waals surface area contributed by atoms with Gasteiger partial charge in [-0.15, -0.1) is 4.40 Å². The van der Waals surface area contributed by atoms with Crippen molar-refractivity contribution in [3.8, 4) is 0 Å². The average Bonchev–Trinajstić information content (AvgIpc) is 2.26. The van der Waals surface area contributed by atoms with Crippen LogP contribution in [-0.4, -0.2) is 49.0 Å². The molecule has 0 aromatic carbocycles. The Labute approximate surface area is 107 Å². The van der Waals surface area contributed by atoms with E-state index >= 15 is 0 Å². The van der Waals surface area contributed by atoms with Gasteiger partial charge in [0, 0.05) is 0 Å². The first-order valence-electron chi connectivity index (χ1n) is 5.02. The molecule has 2 N–H and O–H groups in total. The molecule has 0 spiro atoms. The van der Waals surface area contributed by atoms with Crippen molar-refractivity contribution < 1.29 is 41.6 Å². The Bertz CT molecular complexity index is 415. The zero-order chi connectivity index (χ0) is 15.3. The van der Waals surface area contributed by atoms with Gasteiger partial charge in [0.15, 0.2) is 6.08 Å². The van der Waals surface area contributed by atoms with Crippen molar-refractivity contribution in [2.75, 3.05) is 13.2 Å². The van der Waals surface area contributed by atoms with Crippen LogP contribution in [0, 0.1) is 0 Å². The quantitative estimate of drug-likeness (QED) is 0.484. The van der Waals surface area contributed by atoms with Gasteiger partial charge in [0.2, 0.25) is 0 Å². The van der Waals surface area contributed by atoms with E-state index in [0.29, 0.717) is 6.42 Å². The predicted molar refractivity (Wildman–Crippen MR) is 55.3 cm³/mol. The van der Waals surface area contributed by atoms with Crippen LogP contribution in [0.4, 0.5) is 13.2 Å². The summed E-state index contributed by atoms with van der Waals surface area (Å²) < 4.78 is 63.2. The average molecular weight is 308 g/mol. The SMILES string of the molecule is CCCC(CO)(CO)O/C([O-])=N/S(=O)(=O)C(F)(F)F. The third kappa shape index (κ3) is 4.84. The van der Waals surface area contributed by atoms with Crippen molar-refractivity contribution in [3.05, 3.63) is 0 Å². The largest absolute Gasteiger partial charge is 0.588 e. The maximum absolute atomic E-state index is 12.0. The van der Waals surface area contributed by atoms with E-state index in [0.717, 1.165) is 0 Å². The van der Waals surface area contributed by atoms with E-state index in [4.69, 9.17) is 10.2 Å². The lowest BCUT2D eigenvalue weighted by Gasteiger charge is -2.37. The van der Waals surface area contributed by atoms with Crippen LogP contribution in [0.3, 0.4) is 0 Å².